The maximum absolute atomic E-state index is 11.9. The molecule has 3 atom stereocenters. The predicted octanol–water partition coefficient (Wildman–Crippen LogP) is 0.0224. The van der Waals surface area contributed by atoms with Gasteiger partial charge in [0.2, 0.25) is 5.91 Å². The van der Waals surface area contributed by atoms with Crippen LogP contribution in [0.5, 0.6) is 0 Å². The zero-order chi connectivity index (χ0) is 15.1. The van der Waals surface area contributed by atoms with Crippen molar-refractivity contribution in [3.63, 3.8) is 0 Å². The van der Waals surface area contributed by atoms with Crippen LogP contribution in [0.1, 0.15) is 26.2 Å². The second kappa shape index (κ2) is 7.84. The summed E-state index contributed by atoms with van der Waals surface area (Å²) in [6, 6.07) is -0.884. The van der Waals surface area contributed by atoms with Crippen molar-refractivity contribution >= 4 is 17.8 Å². The van der Waals surface area contributed by atoms with E-state index in [-0.39, 0.29) is 12.3 Å². The van der Waals surface area contributed by atoms with E-state index in [1.807, 2.05) is 0 Å². The molecule has 0 aliphatic carbocycles. The SMILES string of the molecule is COC(=O)[C@H](C)C[C@H](NC(=O)[C@@H]1CCCO1)C(=O)OC. The Morgan fingerprint density at radius 2 is 1.90 bits per heavy atom. The summed E-state index contributed by atoms with van der Waals surface area (Å²) in [7, 11) is 2.51. The lowest BCUT2D eigenvalue weighted by Crippen LogP contribution is -2.47. The summed E-state index contributed by atoms with van der Waals surface area (Å²) in [6.45, 7) is 2.17. The van der Waals surface area contributed by atoms with Gasteiger partial charge in [0.1, 0.15) is 12.1 Å². The lowest BCUT2D eigenvalue weighted by atomic mass is 10.0. The van der Waals surface area contributed by atoms with Crippen LogP contribution in [0.25, 0.3) is 0 Å². The Kier molecular flexibility index (Phi) is 6.44. The molecule has 7 nitrogen and oxygen atoms in total. The average Bonchev–Trinajstić information content (AvgIpc) is 2.98. The number of carbonyl (C=O) groups is 3. The second-order valence-electron chi connectivity index (χ2n) is 4.75. The Balaban J connectivity index is 2.61. The van der Waals surface area contributed by atoms with E-state index >= 15 is 0 Å². The van der Waals surface area contributed by atoms with Crippen LogP contribution in [0.3, 0.4) is 0 Å². The number of carbonyl (C=O) groups excluding carboxylic acids is 3. The molecule has 0 radical (unpaired) electrons. The van der Waals surface area contributed by atoms with Crippen molar-refractivity contribution in [3.05, 3.63) is 0 Å². The number of rotatable bonds is 6. The first-order valence-electron chi connectivity index (χ1n) is 6.57. The third kappa shape index (κ3) is 4.48. The number of methoxy groups -OCH3 is 2. The smallest absolute Gasteiger partial charge is 0.328 e. The largest absolute Gasteiger partial charge is 0.469 e. The molecule has 1 saturated heterocycles. The van der Waals surface area contributed by atoms with E-state index in [0.717, 1.165) is 6.42 Å². The molecular weight excluding hydrogens is 266 g/mol. The van der Waals surface area contributed by atoms with Gasteiger partial charge in [-0.15, -0.1) is 0 Å². The van der Waals surface area contributed by atoms with Crippen LogP contribution in [-0.4, -0.2) is 50.8 Å². The van der Waals surface area contributed by atoms with E-state index in [9.17, 15) is 14.4 Å². The van der Waals surface area contributed by atoms with Crippen LogP contribution in [0, 0.1) is 5.92 Å². The molecule has 0 saturated carbocycles. The maximum Gasteiger partial charge on any atom is 0.328 e. The molecule has 1 heterocycles. The van der Waals surface area contributed by atoms with Crippen molar-refractivity contribution in [2.45, 2.75) is 38.3 Å². The molecule has 0 aromatic rings. The van der Waals surface area contributed by atoms with Gasteiger partial charge in [-0.05, 0) is 19.3 Å². The second-order valence-corrected chi connectivity index (χ2v) is 4.75. The quantitative estimate of drug-likeness (QED) is 0.693. The predicted molar refractivity (Wildman–Crippen MR) is 68.7 cm³/mol. The monoisotopic (exact) mass is 287 g/mol. The van der Waals surface area contributed by atoms with E-state index in [1.165, 1.54) is 14.2 Å². The third-order valence-corrected chi connectivity index (χ3v) is 3.22. The van der Waals surface area contributed by atoms with E-state index in [0.29, 0.717) is 13.0 Å². The number of ether oxygens (including phenoxy) is 3. The molecule has 0 aromatic heterocycles. The zero-order valence-corrected chi connectivity index (χ0v) is 12.0. The van der Waals surface area contributed by atoms with Crippen LogP contribution in [0.2, 0.25) is 0 Å². The highest BCUT2D eigenvalue weighted by Gasteiger charge is 2.31. The van der Waals surface area contributed by atoms with Gasteiger partial charge in [0.25, 0.3) is 0 Å². The van der Waals surface area contributed by atoms with Gasteiger partial charge >= 0.3 is 11.9 Å². The van der Waals surface area contributed by atoms with Crippen molar-refractivity contribution in [2.75, 3.05) is 20.8 Å². The fourth-order valence-electron chi connectivity index (χ4n) is 2.06. The number of amides is 1. The van der Waals surface area contributed by atoms with Crippen molar-refractivity contribution in [1.82, 2.24) is 5.32 Å². The minimum Gasteiger partial charge on any atom is -0.469 e. The van der Waals surface area contributed by atoms with Crippen molar-refractivity contribution in [1.29, 1.82) is 0 Å². The van der Waals surface area contributed by atoms with Gasteiger partial charge < -0.3 is 19.5 Å². The fraction of sp³-hybridized carbons (Fsp3) is 0.769. The Bertz CT molecular complexity index is 364. The molecule has 1 aliphatic heterocycles. The van der Waals surface area contributed by atoms with Gasteiger partial charge in [-0.1, -0.05) is 6.92 Å². The number of esters is 2. The minimum atomic E-state index is -0.884. The highest BCUT2D eigenvalue weighted by atomic mass is 16.5. The van der Waals surface area contributed by atoms with E-state index in [2.05, 4.69) is 14.8 Å². The van der Waals surface area contributed by atoms with Gasteiger partial charge in [-0.25, -0.2) is 4.79 Å². The van der Waals surface area contributed by atoms with Gasteiger partial charge in [-0.3, -0.25) is 9.59 Å². The molecule has 114 valence electrons. The molecule has 1 rings (SSSR count). The molecular formula is C13H21NO6. The summed E-state index contributed by atoms with van der Waals surface area (Å²) in [5.41, 5.74) is 0. The van der Waals surface area contributed by atoms with Gasteiger partial charge in [0.15, 0.2) is 0 Å². The first kappa shape index (κ1) is 16.4. The van der Waals surface area contributed by atoms with Crippen LogP contribution in [-0.2, 0) is 28.6 Å². The van der Waals surface area contributed by atoms with E-state index in [1.54, 1.807) is 6.92 Å². The first-order chi connectivity index (χ1) is 9.49. The molecule has 0 aromatic carbocycles. The summed E-state index contributed by atoms with van der Waals surface area (Å²) in [4.78, 5) is 35.0. The van der Waals surface area contributed by atoms with E-state index in [4.69, 9.17) is 4.74 Å². The normalized spacial score (nSPS) is 20.9. The van der Waals surface area contributed by atoms with Crippen LogP contribution in [0.15, 0.2) is 0 Å². The molecule has 7 heteroatoms. The molecule has 0 spiro atoms. The van der Waals surface area contributed by atoms with Crippen molar-refractivity contribution in [3.8, 4) is 0 Å². The standard InChI is InChI=1S/C13H21NO6/c1-8(12(16)18-2)7-9(13(17)19-3)14-11(15)10-5-4-6-20-10/h8-10H,4-7H2,1-3H3,(H,14,15)/t8-,9+,10+/m1/s1. The van der Waals surface area contributed by atoms with Crippen LogP contribution < -0.4 is 5.32 Å². The molecule has 0 unspecified atom stereocenters. The fourth-order valence-corrected chi connectivity index (χ4v) is 2.06. The van der Waals surface area contributed by atoms with Crippen LogP contribution in [0.4, 0.5) is 0 Å². The van der Waals surface area contributed by atoms with E-state index < -0.39 is 30.0 Å². The minimum absolute atomic E-state index is 0.123. The summed E-state index contributed by atoms with van der Waals surface area (Å²) in [5, 5.41) is 2.57. The Morgan fingerprint density at radius 1 is 1.25 bits per heavy atom. The lowest BCUT2D eigenvalue weighted by molar-refractivity contribution is -0.149. The number of hydrogen-bond donors (Lipinski definition) is 1. The van der Waals surface area contributed by atoms with Crippen LogP contribution >= 0.6 is 0 Å². The molecule has 1 N–H and O–H groups in total. The Labute approximate surface area is 117 Å². The molecule has 1 amide bonds. The summed E-state index contributed by atoms with van der Waals surface area (Å²) in [6.07, 6.45) is 1.04. The Hall–Kier alpha value is -1.63. The number of nitrogens with one attached hydrogen (secondary N) is 1. The van der Waals surface area contributed by atoms with Crippen molar-refractivity contribution < 1.29 is 28.6 Å². The Morgan fingerprint density at radius 3 is 2.40 bits per heavy atom. The van der Waals surface area contributed by atoms with Gasteiger partial charge in [0.05, 0.1) is 20.1 Å². The highest BCUT2D eigenvalue weighted by molar-refractivity contribution is 5.87. The highest BCUT2D eigenvalue weighted by Crippen LogP contribution is 2.14. The van der Waals surface area contributed by atoms with Gasteiger partial charge in [-0.2, -0.15) is 0 Å². The first-order valence-corrected chi connectivity index (χ1v) is 6.57. The molecule has 1 aliphatic rings. The molecule has 20 heavy (non-hydrogen) atoms. The zero-order valence-electron chi connectivity index (χ0n) is 12.0. The number of hydrogen-bond acceptors (Lipinski definition) is 6. The summed E-state index contributed by atoms with van der Waals surface area (Å²) >= 11 is 0. The summed E-state index contributed by atoms with van der Waals surface area (Å²) in [5.74, 6) is -1.90. The third-order valence-electron chi connectivity index (χ3n) is 3.22. The molecule has 1 fully saturated rings. The average molecular weight is 287 g/mol. The van der Waals surface area contributed by atoms with Gasteiger partial charge in [0, 0.05) is 6.61 Å². The lowest BCUT2D eigenvalue weighted by Gasteiger charge is -2.20. The maximum atomic E-state index is 11.9. The molecule has 0 bridgehead atoms. The van der Waals surface area contributed by atoms with Crippen molar-refractivity contribution in [2.24, 2.45) is 5.92 Å². The summed E-state index contributed by atoms with van der Waals surface area (Å²) < 4.78 is 14.5. The topological polar surface area (TPSA) is 90.9 Å².